The molecule has 4 aliphatic carbocycles. The zero-order valence-corrected chi connectivity index (χ0v) is 95.4. The number of likely N-dealkylation sites (tertiary alicyclic amines) is 2. The number of rotatable bonds is 37. The molecule has 11 heteroatoms. The molecule has 2 saturated heterocycles. The summed E-state index contributed by atoms with van der Waals surface area (Å²) >= 11 is 11.9. The van der Waals surface area contributed by atoms with Crippen LogP contribution in [0.2, 0.25) is 10.0 Å². The second-order valence-electron chi connectivity index (χ2n) is 46.3. The number of imidazole rings is 1. The number of piperidine rings is 1. The Morgan fingerprint density at radius 1 is 0.436 bits per heavy atom. The molecule has 4 heterocycles. The van der Waals surface area contributed by atoms with Crippen molar-refractivity contribution < 1.29 is 4.74 Å². The van der Waals surface area contributed by atoms with Crippen LogP contribution < -0.4 is 16.0 Å². The van der Waals surface area contributed by atoms with E-state index in [1.807, 2.05) is 50.8 Å². The first-order chi connectivity index (χ1) is 63.3. The topological polar surface area (TPSA) is 82.0 Å². The van der Waals surface area contributed by atoms with E-state index in [4.69, 9.17) is 27.9 Å². The fourth-order valence-electron chi connectivity index (χ4n) is 17.6. The highest BCUT2D eigenvalue weighted by molar-refractivity contribution is 6.31. The Labute approximate surface area is 841 Å². The standard InChI is InChI=1S/C14H28.C12H25N.C12H24.C11H23N.2C10H13Cl.C9H19N3.C9H16N2.C9H19N.C9H18.C9H12.C8H18O/c1-12(2)14(3,4)11-10-13-8-6-5-7-9-13;1-11(2)7-6-10-13-12-8-4-3-5-9-12;2*1-11(2)7-6-10-12-8-4-3-5-9-12;2*1-7(2)9-5-4-8(3)10(11)6-9;1-8(2)4-3-5-10-9-11-6-7-12-9;1-9(2)4-3-6-11-7-5-10-8-11;1-9(2)5-8-10-6-3-4-7-10;2*1-8(2)9-6-4-3-5-7-9;1-4-6-9-7-5-8(2)3/h12-13H,5-11H2,1-4H3;11-13H,3-10H2,1-2H3;11-12H,3-10H2,1-2H3;11H,3-10H2,1-2H3;2*4-7H,1-3H3;8H,3-7H2,1-2H3,(H2,10,11,12);5,7-9H,3-4,6H2,1-2H3;9H,3-8H2,1-2H3;8-9H,3-7H2,1-2H3;3-8H,1-2H3;8H,4-7H2,1-3H3. The summed E-state index contributed by atoms with van der Waals surface area (Å²) in [6.07, 6.45) is 64.3. The zero-order chi connectivity index (χ0) is 99.4. The van der Waals surface area contributed by atoms with Gasteiger partial charge in [0.25, 0.3) is 0 Å². The van der Waals surface area contributed by atoms with Crippen molar-refractivity contribution in [1.29, 1.82) is 0 Å². The normalized spacial score (nSPS) is 16.3. The number of guanidine groups is 1. The molecule has 0 bridgehead atoms. The van der Waals surface area contributed by atoms with Gasteiger partial charge in [0.2, 0.25) is 0 Å². The number of hydrogen-bond acceptors (Lipinski definition) is 8. The molecular formula is C122H228Cl2N8O. The highest BCUT2D eigenvalue weighted by atomic mass is 35.5. The van der Waals surface area contributed by atoms with Crippen LogP contribution in [0.1, 0.15) is 496 Å². The lowest BCUT2D eigenvalue weighted by molar-refractivity contribution is 0.124. The van der Waals surface area contributed by atoms with Gasteiger partial charge in [-0.15, -0.1) is 0 Å². The van der Waals surface area contributed by atoms with Crippen LogP contribution in [0.4, 0.5) is 0 Å². The van der Waals surface area contributed by atoms with Gasteiger partial charge in [-0.2, -0.15) is 0 Å². The second-order valence-corrected chi connectivity index (χ2v) is 47.1. The van der Waals surface area contributed by atoms with Crippen molar-refractivity contribution in [1.82, 2.24) is 35.3 Å². The molecule has 11 rings (SSSR count). The van der Waals surface area contributed by atoms with Crippen LogP contribution in [0.25, 0.3) is 0 Å². The molecule has 3 aromatic carbocycles. The van der Waals surface area contributed by atoms with Gasteiger partial charge in [0.1, 0.15) is 0 Å². The highest BCUT2D eigenvalue weighted by Crippen LogP contribution is 2.37. The Morgan fingerprint density at radius 2 is 0.857 bits per heavy atom. The van der Waals surface area contributed by atoms with Gasteiger partial charge in [-0.3, -0.25) is 4.99 Å². The van der Waals surface area contributed by atoms with E-state index in [0.717, 1.165) is 150 Å². The van der Waals surface area contributed by atoms with Gasteiger partial charge in [-0.25, -0.2) is 4.98 Å². The molecule has 3 N–H and O–H groups in total. The van der Waals surface area contributed by atoms with Crippen LogP contribution in [-0.2, 0) is 11.3 Å². The highest BCUT2D eigenvalue weighted by Gasteiger charge is 2.25. The number of ether oxygens (including phenoxy) is 1. The number of nitrogens with one attached hydrogen (secondary N) is 3. The smallest absolute Gasteiger partial charge is 0.191 e. The summed E-state index contributed by atoms with van der Waals surface area (Å²) in [6, 6.07) is 23.9. The van der Waals surface area contributed by atoms with Crippen LogP contribution in [0.15, 0.2) is 90.4 Å². The van der Waals surface area contributed by atoms with E-state index in [9.17, 15) is 0 Å². The van der Waals surface area contributed by atoms with Gasteiger partial charge in [0.15, 0.2) is 5.96 Å². The van der Waals surface area contributed by atoms with Crippen LogP contribution >= 0.6 is 23.2 Å². The maximum absolute atomic E-state index is 5.96. The van der Waals surface area contributed by atoms with E-state index in [2.05, 4.69) is 276 Å². The van der Waals surface area contributed by atoms with Crippen molar-refractivity contribution >= 4 is 29.2 Å². The molecule has 6 fully saturated rings. The molecule has 0 atom stereocenters. The van der Waals surface area contributed by atoms with E-state index < -0.39 is 0 Å². The molecular weight excluding hydrogens is 1660 g/mol. The second kappa shape index (κ2) is 84.3. The van der Waals surface area contributed by atoms with Gasteiger partial charge in [-0.05, 0) is 316 Å². The molecule has 4 saturated carbocycles. The largest absolute Gasteiger partial charge is 0.381 e. The summed E-state index contributed by atoms with van der Waals surface area (Å²) < 4.78 is 7.42. The van der Waals surface area contributed by atoms with Crippen LogP contribution in [0.5, 0.6) is 0 Å². The Balaban J connectivity index is 0.00000143. The van der Waals surface area contributed by atoms with Crippen molar-refractivity contribution in [3.05, 3.63) is 123 Å². The van der Waals surface area contributed by atoms with E-state index in [0.29, 0.717) is 23.2 Å². The third-order valence-electron chi connectivity index (χ3n) is 28.2. The Bertz CT molecular complexity index is 3070. The van der Waals surface area contributed by atoms with E-state index in [1.165, 1.54) is 319 Å². The van der Waals surface area contributed by atoms with Crippen LogP contribution in [0, 0.1) is 90.3 Å². The minimum absolute atomic E-state index is 0.553. The molecule has 0 amide bonds. The van der Waals surface area contributed by atoms with Gasteiger partial charge < -0.3 is 35.1 Å². The summed E-state index contributed by atoms with van der Waals surface area (Å²) in [5.41, 5.74) is 6.88. The first-order valence-corrected chi connectivity index (χ1v) is 57.4. The molecule has 0 spiro atoms. The first kappa shape index (κ1) is 130. The fraction of sp³-hybridized carbons (Fsp3) is 0.820. The number of halogens is 2. The Hall–Kier alpha value is -3.44. The van der Waals surface area contributed by atoms with Gasteiger partial charge >= 0.3 is 0 Å². The van der Waals surface area contributed by atoms with Gasteiger partial charge in [0, 0.05) is 61.3 Å². The van der Waals surface area contributed by atoms with E-state index in [-0.39, 0.29) is 0 Å². The monoisotopic (exact) mass is 1890 g/mol. The summed E-state index contributed by atoms with van der Waals surface area (Å²) in [5, 5.41) is 11.9. The number of hydrogen-bond donors (Lipinski definition) is 3. The molecule has 7 aliphatic rings. The molecule has 133 heavy (non-hydrogen) atoms. The SMILES string of the molecule is CC(C)C(C)(C)CCC1CCCCC1.CC(C)C1CCCCC1.CC(C)CCCC1CCCCC1.CC(C)CCCN1CCCCC1.CC(C)CCCNC1=NCCN1.CC(C)CCCNC1CCCCC1.CC(C)CCCn1ccnc1.CC(C)CCN1CCCC1.CC(C)c1ccccc1.CCCOCCC(C)C.Cc1ccc(C(C)C)cc1Cl.Cc1ccc(C(C)C)cc1Cl. The van der Waals surface area contributed by atoms with Crippen molar-refractivity contribution in [3.8, 4) is 0 Å². The van der Waals surface area contributed by atoms with Crippen molar-refractivity contribution in [2.75, 3.05) is 78.7 Å². The predicted molar refractivity (Wildman–Crippen MR) is 600 cm³/mol. The maximum atomic E-state index is 5.96. The number of aryl methyl sites for hydroxylation is 3. The number of aliphatic imine (C=N–C) groups is 1. The lowest BCUT2D eigenvalue weighted by Gasteiger charge is -2.32. The van der Waals surface area contributed by atoms with Crippen molar-refractivity contribution in [2.45, 2.75) is 494 Å². The van der Waals surface area contributed by atoms with Crippen LogP contribution in [-0.4, -0.2) is 110 Å². The third kappa shape index (κ3) is 77.9. The molecule has 9 nitrogen and oxygen atoms in total. The first-order valence-electron chi connectivity index (χ1n) is 56.7. The fourth-order valence-corrected chi connectivity index (χ4v) is 18.0. The quantitative estimate of drug-likeness (QED) is 0.0388. The Morgan fingerprint density at radius 3 is 1.26 bits per heavy atom. The minimum Gasteiger partial charge on any atom is -0.381 e. The third-order valence-corrected chi connectivity index (χ3v) is 29.0. The summed E-state index contributed by atoms with van der Waals surface area (Å²) in [4.78, 5) is 13.4. The van der Waals surface area contributed by atoms with E-state index >= 15 is 0 Å². The molecule has 0 radical (unpaired) electrons. The lowest BCUT2D eigenvalue weighted by atomic mass is 9.74. The molecule has 776 valence electrons. The molecule has 1 aromatic heterocycles. The molecule has 3 aliphatic heterocycles. The average molecular weight is 1890 g/mol. The van der Waals surface area contributed by atoms with Gasteiger partial charge in [-0.1, -0.05) is 406 Å². The van der Waals surface area contributed by atoms with E-state index in [1.54, 1.807) is 0 Å². The molecule has 0 unspecified atom stereocenters. The number of aromatic nitrogens is 2. The lowest BCUT2D eigenvalue weighted by Crippen LogP contribution is -2.34. The van der Waals surface area contributed by atoms with Crippen LogP contribution in [0.3, 0.4) is 0 Å². The predicted octanol–water partition coefficient (Wildman–Crippen LogP) is 37.1. The average Bonchev–Trinajstić information content (AvgIpc) is 1.67. The summed E-state index contributed by atoms with van der Waals surface area (Å²) in [7, 11) is 0. The van der Waals surface area contributed by atoms with Crippen molar-refractivity contribution in [2.24, 2.45) is 81.4 Å². The Kier molecular flexibility index (Phi) is 82.1. The minimum atomic E-state index is 0.553. The molecule has 4 aromatic rings. The zero-order valence-electron chi connectivity index (χ0n) is 93.9. The van der Waals surface area contributed by atoms with Crippen molar-refractivity contribution in [3.63, 3.8) is 0 Å². The summed E-state index contributed by atoms with van der Waals surface area (Å²) in [5.74, 6) is 13.7. The van der Waals surface area contributed by atoms with Gasteiger partial charge in [0.05, 0.1) is 12.9 Å². The maximum Gasteiger partial charge on any atom is 0.191 e. The summed E-state index contributed by atoms with van der Waals surface area (Å²) in [6.45, 7) is 80.8. The number of benzene rings is 3. The number of nitrogens with zero attached hydrogens (tertiary/aromatic N) is 5.